The molecule has 0 radical (unpaired) electrons. The van der Waals surface area contributed by atoms with Crippen molar-refractivity contribution in [2.75, 3.05) is 46.0 Å². The maximum Gasteiger partial charge on any atom is 0.490 e. The molecule has 206 valence electrons. The number of alkyl halides is 6. The lowest BCUT2D eigenvalue weighted by Crippen LogP contribution is -2.59. The number of pyridine rings is 1. The van der Waals surface area contributed by atoms with E-state index in [1.807, 2.05) is 18.5 Å². The number of aliphatic carboxylic acids is 2. The molecule has 15 heteroatoms. The number of carboxylic acid groups (broad SMARTS) is 2. The predicted octanol–water partition coefficient (Wildman–Crippen LogP) is 2.66. The van der Waals surface area contributed by atoms with E-state index in [4.69, 9.17) is 29.3 Å². The smallest absolute Gasteiger partial charge is 0.475 e. The van der Waals surface area contributed by atoms with E-state index in [0.29, 0.717) is 12.6 Å². The van der Waals surface area contributed by atoms with E-state index in [2.05, 4.69) is 34.7 Å². The Hall–Kier alpha value is -2.49. The summed E-state index contributed by atoms with van der Waals surface area (Å²) in [6.45, 7) is 11.5. The van der Waals surface area contributed by atoms with Crippen LogP contribution < -0.4 is 0 Å². The number of hydrogen-bond donors (Lipinski definition) is 2. The quantitative estimate of drug-likeness (QED) is 0.567. The number of rotatable bonds is 3. The Morgan fingerprint density at radius 2 is 1.64 bits per heavy atom. The zero-order valence-electron chi connectivity index (χ0n) is 19.7. The highest BCUT2D eigenvalue weighted by Gasteiger charge is 2.41. The molecule has 1 atom stereocenters. The van der Waals surface area contributed by atoms with Crippen LogP contribution in [0.2, 0.25) is 0 Å². The molecular weight excluding hydrogens is 504 g/mol. The highest BCUT2D eigenvalue weighted by atomic mass is 19.4. The van der Waals surface area contributed by atoms with Crippen molar-refractivity contribution in [3.63, 3.8) is 0 Å². The third kappa shape index (κ3) is 11.5. The second-order valence-corrected chi connectivity index (χ2v) is 8.33. The maximum absolute atomic E-state index is 10.6. The lowest BCUT2D eigenvalue weighted by molar-refractivity contribution is -0.193. The van der Waals surface area contributed by atoms with E-state index in [-0.39, 0.29) is 5.60 Å². The summed E-state index contributed by atoms with van der Waals surface area (Å²) in [6.07, 6.45) is -6.39. The first-order valence-corrected chi connectivity index (χ1v) is 10.7. The highest BCUT2D eigenvalue weighted by Crippen LogP contribution is 2.24. The van der Waals surface area contributed by atoms with E-state index in [1.54, 1.807) is 0 Å². The van der Waals surface area contributed by atoms with Crippen LogP contribution in [0.1, 0.15) is 19.4 Å². The van der Waals surface area contributed by atoms with Gasteiger partial charge in [-0.2, -0.15) is 26.3 Å². The van der Waals surface area contributed by atoms with Gasteiger partial charge in [0, 0.05) is 51.2 Å². The van der Waals surface area contributed by atoms with E-state index in [0.717, 1.165) is 45.9 Å². The van der Waals surface area contributed by atoms with Gasteiger partial charge in [0.1, 0.15) is 5.60 Å². The van der Waals surface area contributed by atoms with Crippen LogP contribution in [0.3, 0.4) is 0 Å². The lowest BCUT2D eigenvalue weighted by atomic mass is 10.0. The average molecular weight is 533 g/mol. The molecule has 2 saturated heterocycles. The van der Waals surface area contributed by atoms with Crippen LogP contribution >= 0.6 is 0 Å². The van der Waals surface area contributed by atoms with Crippen molar-refractivity contribution >= 4 is 11.9 Å². The molecule has 1 spiro atoms. The topological polar surface area (TPSA) is 112 Å². The monoisotopic (exact) mass is 533 g/mol. The molecule has 0 amide bonds. The molecule has 1 unspecified atom stereocenters. The molecule has 2 fully saturated rings. The van der Waals surface area contributed by atoms with E-state index < -0.39 is 24.3 Å². The normalized spacial score (nSPS) is 21.6. The minimum atomic E-state index is -5.08. The molecule has 1 aromatic rings. The summed E-state index contributed by atoms with van der Waals surface area (Å²) in [7, 11) is 0. The van der Waals surface area contributed by atoms with Gasteiger partial charge in [0.15, 0.2) is 0 Å². The van der Waals surface area contributed by atoms with Crippen molar-refractivity contribution in [1.29, 1.82) is 0 Å². The Bertz CT molecular complexity index is 801. The Morgan fingerprint density at radius 3 is 2.11 bits per heavy atom. The lowest BCUT2D eigenvalue weighted by Gasteiger charge is -2.44. The molecule has 0 aliphatic carbocycles. The number of morpholine rings is 1. The van der Waals surface area contributed by atoms with Gasteiger partial charge in [-0.05, 0) is 25.5 Å². The SMILES string of the molecule is CC(C)N1CCOCC2(CN(Cc3cccnc3)CCO2)C1.O=C(O)C(F)(F)F.O=C(O)C(F)(F)F. The first-order valence-electron chi connectivity index (χ1n) is 10.7. The molecule has 9 nitrogen and oxygen atoms in total. The zero-order valence-corrected chi connectivity index (χ0v) is 19.7. The standard InChI is InChI=1S/C17H27N3O2.2C2HF3O2/c1-15(2)20-7-8-21-14-17(13-20)12-19(6-9-22-17)11-16-4-3-5-18-10-16;2*3-2(4,5)1(6)7/h3-5,10,15H,6-9,11-14H2,1-2H3;2*(H,6,7). The third-order valence-corrected chi connectivity index (χ3v) is 5.05. The number of ether oxygens (including phenoxy) is 2. The molecule has 0 aromatic carbocycles. The van der Waals surface area contributed by atoms with E-state index in [1.165, 1.54) is 5.56 Å². The van der Waals surface area contributed by atoms with Crippen LogP contribution in [-0.2, 0) is 25.6 Å². The van der Waals surface area contributed by atoms with Gasteiger partial charge in [-0.3, -0.25) is 14.8 Å². The Morgan fingerprint density at radius 1 is 1.06 bits per heavy atom. The van der Waals surface area contributed by atoms with Gasteiger partial charge in [-0.15, -0.1) is 0 Å². The van der Waals surface area contributed by atoms with Crippen molar-refractivity contribution in [1.82, 2.24) is 14.8 Å². The molecule has 1 aromatic heterocycles. The number of nitrogens with zero attached hydrogens (tertiary/aromatic N) is 3. The Balaban J connectivity index is 0.000000383. The van der Waals surface area contributed by atoms with Gasteiger partial charge in [0.25, 0.3) is 0 Å². The van der Waals surface area contributed by atoms with Gasteiger partial charge >= 0.3 is 24.3 Å². The number of aromatic nitrogens is 1. The third-order valence-electron chi connectivity index (χ3n) is 5.05. The minimum Gasteiger partial charge on any atom is -0.475 e. The maximum atomic E-state index is 10.6. The van der Waals surface area contributed by atoms with Gasteiger partial charge < -0.3 is 19.7 Å². The van der Waals surface area contributed by atoms with Gasteiger partial charge in [-0.25, -0.2) is 9.59 Å². The van der Waals surface area contributed by atoms with Crippen molar-refractivity contribution in [2.45, 2.75) is 44.4 Å². The first kappa shape index (κ1) is 31.5. The van der Waals surface area contributed by atoms with E-state index >= 15 is 0 Å². The number of carboxylic acids is 2. The second kappa shape index (κ2) is 13.7. The summed E-state index contributed by atoms with van der Waals surface area (Å²) in [5.41, 5.74) is 1.07. The van der Waals surface area contributed by atoms with Crippen LogP contribution in [0.15, 0.2) is 24.5 Å². The predicted molar refractivity (Wildman–Crippen MR) is 113 cm³/mol. The first-order chi connectivity index (χ1) is 16.6. The molecule has 2 aliphatic rings. The molecule has 3 heterocycles. The average Bonchev–Trinajstić information content (AvgIpc) is 2.97. The fourth-order valence-corrected chi connectivity index (χ4v) is 3.37. The zero-order chi connectivity index (χ0) is 27.6. The van der Waals surface area contributed by atoms with Crippen molar-refractivity contribution in [2.24, 2.45) is 0 Å². The molecule has 3 rings (SSSR count). The molecular formula is C21H29F6N3O6. The Labute approximate surface area is 203 Å². The van der Waals surface area contributed by atoms with E-state index in [9.17, 15) is 26.3 Å². The largest absolute Gasteiger partial charge is 0.490 e. The molecule has 0 saturated carbocycles. The summed E-state index contributed by atoms with van der Waals surface area (Å²) in [5.74, 6) is -5.51. The van der Waals surface area contributed by atoms with Crippen molar-refractivity contribution < 1.29 is 55.6 Å². The number of carbonyl (C=O) groups is 2. The van der Waals surface area contributed by atoms with Crippen molar-refractivity contribution in [3.8, 4) is 0 Å². The summed E-state index contributed by atoms with van der Waals surface area (Å²) < 4.78 is 75.5. The van der Waals surface area contributed by atoms with Crippen LogP contribution in [0.25, 0.3) is 0 Å². The van der Waals surface area contributed by atoms with Crippen LogP contribution in [-0.4, -0.2) is 107 Å². The number of hydrogen-bond acceptors (Lipinski definition) is 7. The summed E-state index contributed by atoms with van der Waals surface area (Å²) >= 11 is 0. The molecule has 36 heavy (non-hydrogen) atoms. The fraction of sp³-hybridized carbons (Fsp3) is 0.667. The Kier molecular flexibility index (Phi) is 12.0. The van der Waals surface area contributed by atoms with Crippen LogP contribution in [0.5, 0.6) is 0 Å². The van der Waals surface area contributed by atoms with Gasteiger partial charge in [-0.1, -0.05) is 6.07 Å². The summed E-state index contributed by atoms with van der Waals surface area (Å²) in [4.78, 5) is 26.9. The number of halogens is 6. The van der Waals surface area contributed by atoms with Crippen LogP contribution in [0, 0.1) is 0 Å². The fourth-order valence-electron chi connectivity index (χ4n) is 3.37. The van der Waals surface area contributed by atoms with Crippen molar-refractivity contribution in [3.05, 3.63) is 30.1 Å². The minimum absolute atomic E-state index is 0.193. The highest BCUT2D eigenvalue weighted by molar-refractivity contribution is 5.73. The van der Waals surface area contributed by atoms with Gasteiger partial charge in [0.2, 0.25) is 0 Å². The molecule has 2 N–H and O–H groups in total. The molecule has 2 aliphatic heterocycles. The second-order valence-electron chi connectivity index (χ2n) is 8.33. The molecule has 0 bridgehead atoms. The van der Waals surface area contributed by atoms with Gasteiger partial charge in [0.05, 0.1) is 19.8 Å². The summed E-state index contributed by atoms with van der Waals surface area (Å²) in [6, 6.07) is 4.66. The van der Waals surface area contributed by atoms with Crippen LogP contribution in [0.4, 0.5) is 26.3 Å². The summed E-state index contributed by atoms with van der Waals surface area (Å²) in [5, 5.41) is 14.2.